The Bertz CT molecular complexity index is 244. The Hall–Kier alpha value is -0.410. The summed E-state index contributed by atoms with van der Waals surface area (Å²) in [7, 11) is 1.71. The SMILES string of the molecule is CCCCC(=O)CC(C)(C)OCCC(C)(C)OC. The smallest absolute Gasteiger partial charge is 0.135 e. The molecule has 0 spiro atoms. The molecule has 0 aliphatic rings. The van der Waals surface area contributed by atoms with E-state index in [0.29, 0.717) is 25.2 Å². The summed E-state index contributed by atoms with van der Waals surface area (Å²) in [4.78, 5) is 11.7. The van der Waals surface area contributed by atoms with E-state index >= 15 is 0 Å². The van der Waals surface area contributed by atoms with Crippen molar-refractivity contribution in [3.8, 4) is 0 Å². The molecule has 0 N–H and O–H groups in total. The molecule has 0 amide bonds. The fraction of sp³-hybridized carbons (Fsp3) is 0.933. The van der Waals surface area contributed by atoms with E-state index in [4.69, 9.17) is 9.47 Å². The van der Waals surface area contributed by atoms with E-state index in [-0.39, 0.29) is 11.2 Å². The van der Waals surface area contributed by atoms with Crippen molar-refractivity contribution in [2.75, 3.05) is 13.7 Å². The van der Waals surface area contributed by atoms with Crippen molar-refractivity contribution < 1.29 is 14.3 Å². The van der Waals surface area contributed by atoms with E-state index in [9.17, 15) is 4.79 Å². The summed E-state index contributed by atoms with van der Waals surface area (Å²) < 4.78 is 11.2. The van der Waals surface area contributed by atoms with Crippen molar-refractivity contribution in [2.24, 2.45) is 0 Å². The van der Waals surface area contributed by atoms with Crippen molar-refractivity contribution in [2.45, 2.75) is 77.9 Å². The van der Waals surface area contributed by atoms with Crippen molar-refractivity contribution >= 4 is 5.78 Å². The highest BCUT2D eigenvalue weighted by Gasteiger charge is 2.24. The normalized spacial score (nSPS) is 12.8. The highest BCUT2D eigenvalue weighted by atomic mass is 16.5. The van der Waals surface area contributed by atoms with Gasteiger partial charge in [0.1, 0.15) is 5.78 Å². The molecule has 0 radical (unpaired) electrons. The molecule has 0 atom stereocenters. The van der Waals surface area contributed by atoms with Gasteiger partial charge in [0.25, 0.3) is 0 Å². The Morgan fingerprint density at radius 1 is 1.11 bits per heavy atom. The minimum Gasteiger partial charge on any atom is -0.379 e. The van der Waals surface area contributed by atoms with Crippen LogP contribution in [0, 0.1) is 0 Å². The lowest BCUT2D eigenvalue weighted by atomic mass is 9.98. The van der Waals surface area contributed by atoms with Crippen molar-refractivity contribution in [3.05, 3.63) is 0 Å². The summed E-state index contributed by atoms with van der Waals surface area (Å²) in [6.45, 7) is 10.8. The van der Waals surface area contributed by atoms with Crippen molar-refractivity contribution in [1.82, 2.24) is 0 Å². The first-order valence-corrected chi connectivity index (χ1v) is 6.93. The molecular weight excluding hydrogens is 228 g/mol. The quantitative estimate of drug-likeness (QED) is 0.598. The van der Waals surface area contributed by atoms with Crippen molar-refractivity contribution in [1.29, 1.82) is 0 Å². The summed E-state index contributed by atoms with van der Waals surface area (Å²) in [5.74, 6) is 0.299. The molecule has 0 fully saturated rings. The first kappa shape index (κ1) is 17.6. The second-order valence-electron chi connectivity index (χ2n) is 6.14. The van der Waals surface area contributed by atoms with Gasteiger partial charge in [-0.2, -0.15) is 0 Å². The second kappa shape index (κ2) is 7.90. The molecule has 0 heterocycles. The molecule has 0 rings (SSSR count). The number of carbonyl (C=O) groups excluding carboxylic acids is 1. The van der Waals surface area contributed by atoms with Gasteiger partial charge in [-0.1, -0.05) is 13.3 Å². The average molecular weight is 258 g/mol. The van der Waals surface area contributed by atoms with Gasteiger partial charge in [-0.3, -0.25) is 4.79 Å². The lowest BCUT2D eigenvalue weighted by Gasteiger charge is -2.28. The van der Waals surface area contributed by atoms with Gasteiger partial charge in [0, 0.05) is 20.0 Å². The number of methoxy groups -OCH3 is 1. The summed E-state index contributed by atoms with van der Waals surface area (Å²) in [5.41, 5.74) is -0.531. The number of rotatable bonds is 10. The summed E-state index contributed by atoms with van der Waals surface area (Å²) in [6.07, 6.45) is 4.05. The van der Waals surface area contributed by atoms with Crippen molar-refractivity contribution in [3.63, 3.8) is 0 Å². The molecular formula is C15H30O3. The largest absolute Gasteiger partial charge is 0.379 e. The first-order valence-electron chi connectivity index (χ1n) is 6.93. The van der Waals surface area contributed by atoms with Crippen LogP contribution in [0.25, 0.3) is 0 Å². The summed E-state index contributed by atoms with van der Waals surface area (Å²) in [6, 6.07) is 0. The molecule has 0 bridgehead atoms. The van der Waals surface area contributed by atoms with Crippen LogP contribution in [0.3, 0.4) is 0 Å². The fourth-order valence-electron chi connectivity index (χ4n) is 1.66. The monoisotopic (exact) mass is 258 g/mol. The third-order valence-electron chi connectivity index (χ3n) is 3.18. The van der Waals surface area contributed by atoms with Gasteiger partial charge in [0.15, 0.2) is 0 Å². The Kier molecular flexibility index (Phi) is 7.72. The molecule has 108 valence electrons. The van der Waals surface area contributed by atoms with Gasteiger partial charge in [-0.25, -0.2) is 0 Å². The maximum Gasteiger partial charge on any atom is 0.135 e. The lowest BCUT2D eigenvalue weighted by molar-refractivity contribution is -0.126. The summed E-state index contributed by atoms with van der Waals surface area (Å²) in [5, 5.41) is 0. The maximum absolute atomic E-state index is 11.7. The number of ether oxygens (including phenoxy) is 2. The Labute approximate surface area is 112 Å². The molecule has 0 aliphatic heterocycles. The Morgan fingerprint density at radius 3 is 2.22 bits per heavy atom. The van der Waals surface area contributed by atoms with Gasteiger partial charge in [-0.05, 0) is 40.5 Å². The number of ketones is 1. The molecule has 0 aromatic heterocycles. The zero-order chi connectivity index (χ0) is 14.2. The minimum absolute atomic E-state index is 0.164. The average Bonchev–Trinajstić information content (AvgIpc) is 2.25. The maximum atomic E-state index is 11.7. The van der Waals surface area contributed by atoms with Crippen LogP contribution >= 0.6 is 0 Å². The number of Topliss-reactive ketones (excluding diaryl/α,β-unsaturated/α-hetero) is 1. The van der Waals surface area contributed by atoms with Gasteiger partial charge < -0.3 is 9.47 Å². The Balaban J connectivity index is 3.96. The molecule has 0 unspecified atom stereocenters. The van der Waals surface area contributed by atoms with E-state index in [1.165, 1.54) is 0 Å². The molecule has 0 saturated carbocycles. The number of unbranched alkanes of at least 4 members (excludes halogenated alkanes) is 1. The van der Waals surface area contributed by atoms with E-state index in [1.54, 1.807) is 7.11 Å². The van der Waals surface area contributed by atoms with Crippen LogP contribution in [-0.2, 0) is 14.3 Å². The predicted octanol–water partition coefficient (Wildman–Crippen LogP) is 3.75. The molecule has 3 heteroatoms. The minimum atomic E-state index is -0.366. The highest BCUT2D eigenvalue weighted by molar-refractivity contribution is 5.79. The van der Waals surface area contributed by atoms with Crippen LogP contribution in [0.4, 0.5) is 0 Å². The second-order valence-corrected chi connectivity index (χ2v) is 6.14. The van der Waals surface area contributed by atoms with Gasteiger partial charge in [0.05, 0.1) is 17.8 Å². The predicted molar refractivity (Wildman–Crippen MR) is 74.9 cm³/mol. The topological polar surface area (TPSA) is 35.5 Å². The molecule has 0 aromatic carbocycles. The third-order valence-corrected chi connectivity index (χ3v) is 3.18. The van der Waals surface area contributed by atoms with Crippen LogP contribution in [0.1, 0.15) is 66.7 Å². The Morgan fingerprint density at radius 2 is 1.72 bits per heavy atom. The molecule has 0 aliphatic carbocycles. The molecule has 18 heavy (non-hydrogen) atoms. The van der Waals surface area contributed by atoms with Gasteiger partial charge >= 0.3 is 0 Å². The summed E-state index contributed by atoms with van der Waals surface area (Å²) >= 11 is 0. The van der Waals surface area contributed by atoms with Gasteiger partial charge in [-0.15, -0.1) is 0 Å². The van der Waals surface area contributed by atoms with Crippen LogP contribution in [0.5, 0.6) is 0 Å². The molecule has 0 saturated heterocycles. The van der Waals surface area contributed by atoms with Crippen LogP contribution in [-0.4, -0.2) is 30.7 Å². The van der Waals surface area contributed by atoms with Gasteiger partial charge in [0.2, 0.25) is 0 Å². The number of hydrogen-bond acceptors (Lipinski definition) is 3. The fourth-order valence-corrected chi connectivity index (χ4v) is 1.66. The van der Waals surface area contributed by atoms with Crippen LogP contribution in [0.2, 0.25) is 0 Å². The highest BCUT2D eigenvalue weighted by Crippen LogP contribution is 2.20. The standard InChI is InChI=1S/C15H30O3/c1-7-8-9-13(16)12-15(4,5)18-11-10-14(2,3)17-6/h7-12H2,1-6H3. The number of hydrogen-bond donors (Lipinski definition) is 0. The zero-order valence-electron chi connectivity index (χ0n) is 13.0. The number of carbonyl (C=O) groups is 1. The van der Waals surface area contributed by atoms with E-state index in [1.807, 2.05) is 27.7 Å². The van der Waals surface area contributed by atoms with E-state index in [0.717, 1.165) is 19.3 Å². The van der Waals surface area contributed by atoms with E-state index < -0.39 is 0 Å². The van der Waals surface area contributed by atoms with E-state index in [2.05, 4.69) is 6.92 Å². The third kappa shape index (κ3) is 8.65. The lowest BCUT2D eigenvalue weighted by Crippen LogP contribution is -2.31. The van der Waals surface area contributed by atoms with Crippen LogP contribution < -0.4 is 0 Å². The first-order chi connectivity index (χ1) is 8.22. The molecule has 3 nitrogen and oxygen atoms in total. The molecule has 0 aromatic rings. The zero-order valence-corrected chi connectivity index (χ0v) is 13.0. The van der Waals surface area contributed by atoms with Crippen LogP contribution in [0.15, 0.2) is 0 Å².